The lowest BCUT2D eigenvalue weighted by Crippen LogP contribution is -2.41. The summed E-state index contributed by atoms with van der Waals surface area (Å²) >= 11 is 0. The van der Waals surface area contributed by atoms with Crippen molar-refractivity contribution < 1.29 is 27.5 Å². The highest BCUT2D eigenvalue weighted by molar-refractivity contribution is 5.95. The lowest BCUT2D eigenvalue weighted by Gasteiger charge is -2.23. The van der Waals surface area contributed by atoms with Crippen molar-refractivity contribution in [3.63, 3.8) is 0 Å². The van der Waals surface area contributed by atoms with Crippen molar-refractivity contribution >= 4 is 11.9 Å². The number of benzene rings is 2. The Morgan fingerprint density at radius 3 is 2.48 bits per heavy atom. The molecule has 7 heteroatoms. The van der Waals surface area contributed by atoms with E-state index < -0.39 is 29.7 Å². The van der Waals surface area contributed by atoms with Gasteiger partial charge in [0.25, 0.3) is 5.91 Å². The van der Waals surface area contributed by atoms with Gasteiger partial charge in [0.1, 0.15) is 0 Å². The first kappa shape index (κ1) is 17.0. The number of rotatable bonds is 3. The molecule has 2 aromatic carbocycles. The minimum Gasteiger partial charge on any atom is -0.448 e. The molecule has 0 fully saturated rings. The lowest BCUT2D eigenvalue weighted by molar-refractivity contribution is -0.137. The summed E-state index contributed by atoms with van der Waals surface area (Å²) in [5, 5.41) is 2.58. The molecule has 0 saturated heterocycles. The number of fused-ring (bicyclic) bond motifs is 1. The van der Waals surface area contributed by atoms with Crippen molar-refractivity contribution in [3.05, 3.63) is 70.8 Å². The van der Waals surface area contributed by atoms with Gasteiger partial charge in [-0.3, -0.25) is 4.79 Å². The second-order valence-electron chi connectivity index (χ2n) is 5.67. The van der Waals surface area contributed by atoms with Gasteiger partial charge in [-0.1, -0.05) is 30.3 Å². The molecular weight excluding hydrogens is 335 g/mol. The van der Waals surface area contributed by atoms with Gasteiger partial charge < -0.3 is 10.1 Å². The number of hydrogen-bond donors (Lipinski definition) is 1. The van der Waals surface area contributed by atoms with Gasteiger partial charge in [0, 0.05) is 13.0 Å². The maximum atomic E-state index is 12.5. The largest absolute Gasteiger partial charge is 0.448 e. The summed E-state index contributed by atoms with van der Waals surface area (Å²) in [4.78, 5) is 24.1. The van der Waals surface area contributed by atoms with Crippen molar-refractivity contribution in [2.45, 2.75) is 25.2 Å². The van der Waals surface area contributed by atoms with Crippen LogP contribution >= 0.6 is 0 Å². The molecule has 3 rings (SSSR count). The molecule has 0 aromatic heterocycles. The van der Waals surface area contributed by atoms with Crippen molar-refractivity contribution in [2.75, 3.05) is 0 Å². The van der Waals surface area contributed by atoms with Crippen LogP contribution in [0.25, 0.3) is 0 Å². The minimum atomic E-state index is -4.40. The Morgan fingerprint density at radius 2 is 1.80 bits per heavy atom. The monoisotopic (exact) mass is 349 g/mol. The SMILES string of the molecule is O=C1OC(C(=O)NCc2ccc(C(F)(F)F)cc2)Cc2ccccc21. The fourth-order valence-electron chi connectivity index (χ4n) is 2.59. The highest BCUT2D eigenvalue weighted by Gasteiger charge is 2.31. The number of carbonyl (C=O) groups is 2. The maximum absolute atomic E-state index is 12.5. The van der Waals surface area contributed by atoms with Crippen LogP contribution in [0, 0.1) is 0 Å². The topological polar surface area (TPSA) is 55.4 Å². The van der Waals surface area contributed by atoms with Gasteiger partial charge in [0.05, 0.1) is 11.1 Å². The van der Waals surface area contributed by atoms with E-state index in [9.17, 15) is 22.8 Å². The van der Waals surface area contributed by atoms with Crippen LogP contribution in [0.5, 0.6) is 0 Å². The van der Waals surface area contributed by atoms with E-state index >= 15 is 0 Å². The molecular formula is C18H14F3NO3. The Bertz CT molecular complexity index is 800. The summed E-state index contributed by atoms with van der Waals surface area (Å²) in [5.41, 5.74) is 0.937. The van der Waals surface area contributed by atoms with Gasteiger partial charge in [-0.05, 0) is 29.3 Å². The van der Waals surface area contributed by atoms with Gasteiger partial charge >= 0.3 is 12.1 Å². The molecule has 1 aliphatic rings. The predicted octanol–water partition coefficient (Wildman–Crippen LogP) is 3.10. The van der Waals surface area contributed by atoms with Crippen LogP contribution in [0.1, 0.15) is 27.0 Å². The smallest absolute Gasteiger partial charge is 0.416 e. The molecule has 0 spiro atoms. The summed E-state index contributed by atoms with van der Waals surface area (Å²) in [7, 11) is 0. The fourth-order valence-corrected chi connectivity index (χ4v) is 2.59. The van der Waals surface area contributed by atoms with Crippen LogP contribution in [-0.4, -0.2) is 18.0 Å². The van der Waals surface area contributed by atoms with Gasteiger partial charge in [-0.25, -0.2) is 4.79 Å². The molecule has 1 atom stereocenters. The van der Waals surface area contributed by atoms with Crippen molar-refractivity contribution in [1.82, 2.24) is 5.32 Å². The van der Waals surface area contributed by atoms with E-state index in [0.29, 0.717) is 11.1 Å². The number of alkyl halides is 3. The van der Waals surface area contributed by atoms with Crippen LogP contribution in [0.15, 0.2) is 48.5 Å². The Labute approximate surface area is 141 Å². The van der Waals surface area contributed by atoms with E-state index in [2.05, 4.69) is 5.32 Å². The zero-order chi connectivity index (χ0) is 18.0. The summed E-state index contributed by atoms with van der Waals surface area (Å²) in [5.74, 6) is -1.04. The van der Waals surface area contributed by atoms with Crippen molar-refractivity contribution in [1.29, 1.82) is 0 Å². The average Bonchev–Trinajstić information content (AvgIpc) is 2.59. The molecule has 0 aliphatic carbocycles. The van der Waals surface area contributed by atoms with E-state index in [0.717, 1.165) is 17.7 Å². The quantitative estimate of drug-likeness (QED) is 0.867. The molecule has 1 unspecified atom stereocenters. The zero-order valence-electron chi connectivity index (χ0n) is 13.0. The van der Waals surface area contributed by atoms with Gasteiger partial charge in [0.2, 0.25) is 0 Å². The third-order valence-electron chi connectivity index (χ3n) is 3.93. The number of ether oxygens (including phenoxy) is 1. The number of amides is 1. The standard InChI is InChI=1S/C18H14F3NO3/c19-18(20,21)13-7-5-11(6-8-13)10-22-16(23)15-9-12-3-1-2-4-14(12)17(24)25-15/h1-8,15H,9-10H2,(H,22,23). The lowest BCUT2D eigenvalue weighted by atomic mass is 9.98. The molecule has 1 N–H and O–H groups in total. The van der Waals surface area contributed by atoms with E-state index in [1.807, 2.05) is 0 Å². The first-order valence-corrected chi connectivity index (χ1v) is 7.57. The molecule has 0 bridgehead atoms. The minimum absolute atomic E-state index is 0.0483. The van der Waals surface area contributed by atoms with Crippen LogP contribution in [0.4, 0.5) is 13.2 Å². The molecule has 0 saturated carbocycles. The number of esters is 1. The number of carbonyl (C=O) groups excluding carboxylic acids is 2. The van der Waals surface area contributed by atoms with Crippen molar-refractivity contribution in [2.24, 2.45) is 0 Å². The third-order valence-corrected chi connectivity index (χ3v) is 3.93. The first-order chi connectivity index (χ1) is 11.8. The zero-order valence-corrected chi connectivity index (χ0v) is 13.0. The molecule has 2 aromatic rings. The first-order valence-electron chi connectivity index (χ1n) is 7.57. The van der Waals surface area contributed by atoms with Gasteiger partial charge in [0.15, 0.2) is 6.10 Å². The molecule has 25 heavy (non-hydrogen) atoms. The van der Waals surface area contributed by atoms with Crippen LogP contribution in [-0.2, 0) is 28.7 Å². The highest BCUT2D eigenvalue weighted by Crippen LogP contribution is 2.29. The summed E-state index contributed by atoms with van der Waals surface area (Å²) in [6.45, 7) is 0.0483. The van der Waals surface area contributed by atoms with E-state index in [4.69, 9.17) is 4.74 Å². The number of halogens is 3. The molecule has 1 aliphatic heterocycles. The summed E-state index contributed by atoms with van der Waals surface area (Å²) in [6, 6.07) is 11.4. The van der Waals surface area contributed by atoms with Crippen LogP contribution in [0.3, 0.4) is 0 Å². The van der Waals surface area contributed by atoms with Crippen molar-refractivity contribution in [3.8, 4) is 0 Å². The van der Waals surface area contributed by atoms with Crippen LogP contribution < -0.4 is 5.32 Å². The average molecular weight is 349 g/mol. The Hall–Kier alpha value is -2.83. The van der Waals surface area contributed by atoms with E-state index in [-0.39, 0.29) is 13.0 Å². The second-order valence-corrected chi connectivity index (χ2v) is 5.67. The Kier molecular flexibility index (Phi) is 4.48. The number of nitrogens with one attached hydrogen (secondary N) is 1. The molecule has 4 nitrogen and oxygen atoms in total. The molecule has 1 amide bonds. The normalized spacial score (nSPS) is 16.8. The third kappa shape index (κ3) is 3.81. The number of cyclic esters (lactones) is 1. The van der Waals surface area contributed by atoms with Gasteiger partial charge in [-0.15, -0.1) is 0 Å². The van der Waals surface area contributed by atoms with E-state index in [1.54, 1.807) is 24.3 Å². The fraction of sp³-hybridized carbons (Fsp3) is 0.222. The van der Waals surface area contributed by atoms with Crippen LogP contribution in [0.2, 0.25) is 0 Å². The number of hydrogen-bond acceptors (Lipinski definition) is 3. The Balaban J connectivity index is 1.61. The predicted molar refractivity (Wildman–Crippen MR) is 82.6 cm³/mol. The maximum Gasteiger partial charge on any atom is 0.416 e. The highest BCUT2D eigenvalue weighted by atomic mass is 19.4. The summed E-state index contributed by atoms with van der Waals surface area (Å²) in [6.07, 6.45) is -5.08. The molecule has 130 valence electrons. The van der Waals surface area contributed by atoms with E-state index in [1.165, 1.54) is 12.1 Å². The Morgan fingerprint density at radius 1 is 1.12 bits per heavy atom. The molecule has 0 radical (unpaired) electrons. The summed E-state index contributed by atoms with van der Waals surface area (Å²) < 4.78 is 42.7. The molecule has 1 heterocycles. The van der Waals surface area contributed by atoms with Gasteiger partial charge in [-0.2, -0.15) is 13.2 Å². The second kappa shape index (κ2) is 6.58.